The Bertz CT molecular complexity index is 1620. The molecule has 0 saturated heterocycles. The Hall–Kier alpha value is -3.98. The van der Waals surface area contributed by atoms with E-state index in [1.54, 1.807) is 48.7 Å². The molecule has 0 saturated carbocycles. The van der Waals surface area contributed by atoms with Gasteiger partial charge in [-0.1, -0.05) is 83.6 Å². The predicted octanol–water partition coefficient (Wildman–Crippen LogP) is 7.34. The first-order valence-electron chi connectivity index (χ1n) is 11.2. The van der Waals surface area contributed by atoms with Gasteiger partial charge >= 0.3 is 10.1 Å². The van der Waals surface area contributed by atoms with E-state index in [1.807, 2.05) is 54.6 Å². The van der Waals surface area contributed by atoms with Gasteiger partial charge < -0.3 is 4.18 Å². The summed E-state index contributed by atoms with van der Waals surface area (Å²) >= 11 is 7.57. The second kappa shape index (κ2) is 11.0. The van der Waals surface area contributed by atoms with Crippen LogP contribution in [0.2, 0.25) is 5.02 Å². The van der Waals surface area contributed by atoms with Crippen molar-refractivity contribution >= 4 is 44.4 Å². The SMILES string of the molecule is O=S(=O)(Oc1ccc(/C=N\Nc2nc(-c3ccccc3)c(-c3ccc(Cl)cc3)s2)cc1)c1ccccc1. The van der Waals surface area contributed by atoms with E-state index in [1.165, 1.54) is 23.5 Å². The maximum absolute atomic E-state index is 12.4. The molecule has 6 nitrogen and oxygen atoms in total. The Morgan fingerprint density at radius 1 is 0.811 bits per heavy atom. The van der Waals surface area contributed by atoms with Gasteiger partial charge in [0.25, 0.3) is 0 Å². The highest BCUT2D eigenvalue weighted by Crippen LogP contribution is 2.39. The number of aromatic nitrogens is 1. The molecular formula is C28H20ClN3O3S2. The van der Waals surface area contributed by atoms with Crippen molar-refractivity contribution in [2.75, 3.05) is 5.43 Å². The van der Waals surface area contributed by atoms with Gasteiger partial charge in [-0.3, -0.25) is 5.43 Å². The summed E-state index contributed by atoms with van der Waals surface area (Å²) in [4.78, 5) is 5.87. The molecule has 0 atom stereocenters. The molecule has 0 spiro atoms. The van der Waals surface area contributed by atoms with E-state index in [0.717, 1.165) is 27.3 Å². The zero-order chi connectivity index (χ0) is 25.7. The van der Waals surface area contributed by atoms with Crippen molar-refractivity contribution in [2.24, 2.45) is 5.10 Å². The second-order valence-corrected chi connectivity index (χ2v) is 10.8. The van der Waals surface area contributed by atoms with Gasteiger partial charge in [-0.25, -0.2) is 4.98 Å². The average molecular weight is 546 g/mol. The van der Waals surface area contributed by atoms with Crippen LogP contribution < -0.4 is 9.61 Å². The Morgan fingerprint density at radius 2 is 1.46 bits per heavy atom. The highest BCUT2D eigenvalue weighted by molar-refractivity contribution is 7.87. The lowest BCUT2D eigenvalue weighted by molar-refractivity contribution is 0.486. The van der Waals surface area contributed by atoms with Gasteiger partial charge in [0, 0.05) is 10.6 Å². The first-order valence-corrected chi connectivity index (χ1v) is 13.8. The summed E-state index contributed by atoms with van der Waals surface area (Å²) in [5.74, 6) is 0.217. The minimum Gasteiger partial charge on any atom is -0.379 e. The van der Waals surface area contributed by atoms with Crippen LogP contribution in [-0.2, 0) is 10.1 Å². The number of rotatable bonds is 8. The summed E-state index contributed by atoms with van der Waals surface area (Å²) < 4.78 is 30.0. The molecule has 0 radical (unpaired) electrons. The molecule has 0 unspecified atom stereocenters. The van der Waals surface area contributed by atoms with Crippen LogP contribution in [0.15, 0.2) is 119 Å². The van der Waals surface area contributed by atoms with E-state index in [0.29, 0.717) is 10.2 Å². The van der Waals surface area contributed by atoms with Gasteiger partial charge in [-0.2, -0.15) is 13.5 Å². The number of benzene rings is 4. The second-order valence-electron chi connectivity index (χ2n) is 7.86. The first kappa shape index (κ1) is 24.7. The Balaban J connectivity index is 1.31. The molecule has 184 valence electrons. The topological polar surface area (TPSA) is 80.7 Å². The van der Waals surface area contributed by atoms with Crippen LogP contribution in [0.25, 0.3) is 21.7 Å². The van der Waals surface area contributed by atoms with E-state index in [2.05, 4.69) is 10.5 Å². The first-order chi connectivity index (χ1) is 18.0. The van der Waals surface area contributed by atoms with E-state index in [-0.39, 0.29) is 10.6 Å². The Morgan fingerprint density at radius 3 is 2.14 bits per heavy atom. The maximum atomic E-state index is 12.4. The third kappa shape index (κ3) is 6.06. The third-order valence-electron chi connectivity index (χ3n) is 5.27. The molecule has 1 aromatic heterocycles. The van der Waals surface area contributed by atoms with E-state index in [9.17, 15) is 8.42 Å². The van der Waals surface area contributed by atoms with Crippen LogP contribution in [0, 0.1) is 0 Å². The lowest BCUT2D eigenvalue weighted by Crippen LogP contribution is -2.09. The summed E-state index contributed by atoms with van der Waals surface area (Å²) in [6, 6.07) is 32.2. The highest BCUT2D eigenvalue weighted by Gasteiger charge is 2.16. The van der Waals surface area contributed by atoms with Crippen molar-refractivity contribution < 1.29 is 12.6 Å². The van der Waals surface area contributed by atoms with Crippen molar-refractivity contribution in [1.29, 1.82) is 0 Å². The maximum Gasteiger partial charge on any atom is 0.339 e. The van der Waals surface area contributed by atoms with Gasteiger partial charge in [0.1, 0.15) is 10.6 Å². The molecule has 0 aliphatic rings. The Labute approximate surface area is 224 Å². The van der Waals surface area contributed by atoms with Gasteiger partial charge in [0.2, 0.25) is 5.13 Å². The number of hydrazone groups is 1. The molecular weight excluding hydrogens is 526 g/mol. The molecule has 1 N–H and O–H groups in total. The van der Waals surface area contributed by atoms with Crippen LogP contribution in [0.3, 0.4) is 0 Å². The number of anilines is 1. The van der Waals surface area contributed by atoms with Crippen LogP contribution >= 0.6 is 22.9 Å². The minimum atomic E-state index is -3.89. The van der Waals surface area contributed by atoms with Crippen molar-refractivity contribution in [3.8, 4) is 27.4 Å². The highest BCUT2D eigenvalue weighted by atomic mass is 35.5. The summed E-state index contributed by atoms with van der Waals surface area (Å²) in [7, 11) is -3.89. The molecule has 0 aliphatic carbocycles. The van der Waals surface area contributed by atoms with Crippen molar-refractivity contribution in [2.45, 2.75) is 4.90 Å². The number of thiazole rings is 1. The average Bonchev–Trinajstić information content (AvgIpc) is 3.35. The Kier molecular flexibility index (Phi) is 7.32. The van der Waals surface area contributed by atoms with Crippen LogP contribution in [0.5, 0.6) is 5.75 Å². The molecule has 9 heteroatoms. The minimum absolute atomic E-state index is 0.0983. The summed E-state index contributed by atoms with van der Waals surface area (Å²) in [6.07, 6.45) is 1.63. The number of nitrogens with zero attached hydrogens (tertiary/aromatic N) is 2. The molecule has 0 aliphatic heterocycles. The fourth-order valence-electron chi connectivity index (χ4n) is 3.49. The third-order valence-corrected chi connectivity index (χ3v) is 7.79. The van der Waals surface area contributed by atoms with E-state index >= 15 is 0 Å². The van der Waals surface area contributed by atoms with Gasteiger partial charge in [-0.15, -0.1) is 0 Å². The molecule has 0 amide bonds. The summed E-state index contributed by atoms with van der Waals surface area (Å²) in [5, 5.41) is 5.62. The van der Waals surface area contributed by atoms with Gasteiger partial charge in [0.05, 0.1) is 16.8 Å². The number of hydrogen-bond acceptors (Lipinski definition) is 7. The van der Waals surface area contributed by atoms with Gasteiger partial charge in [0.15, 0.2) is 0 Å². The van der Waals surface area contributed by atoms with Crippen LogP contribution in [0.4, 0.5) is 5.13 Å². The lowest BCUT2D eigenvalue weighted by Gasteiger charge is -2.06. The summed E-state index contributed by atoms with van der Waals surface area (Å²) in [6.45, 7) is 0. The standard InChI is InChI=1S/C28H20ClN3O3S2/c29-23-15-13-22(14-16-23)27-26(21-7-3-1-4-8-21)31-28(36-27)32-30-19-20-11-17-24(18-12-20)35-37(33,34)25-9-5-2-6-10-25/h1-19H,(H,31,32)/b30-19-. The lowest BCUT2D eigenvalue weighted by atomic mass is 10.1. The number of hydrogen-bond donors (Lipinski definition) is 1. The van der Waals surface area contributed by atoms with Gasteiger partial charge in [-0.05, 0) is 59.7 Å². The fraction of sp³-hybridized carbons (Fsp3) is 0. The number of nitrogens with one attached hydrogen (secondary N) is 1. The van der Waals surface area contributed by atoms with E-state index in [4.69, 9.17) is 20.8 Å². The number of halogens is 1. The molecule has 0 fully saturated rings. The van der Waals surface area contributed by atoms with E-state index < -0.39 is 10.1 Å². The van der Waals surface area contributed by atoms with Crippen molar-refractivity contribution in [1.82, 2.24) is 4.98 Å². The normalized spacial score (nSPS) is 11.5. The van der Waals surface area contributed by atoms with Crippen LogP contribution in [0.1, 0.15) is 5.56 Å². The molecule has 5 aromatic rings. The van der Waals surface area contributed by atoms with Crippen LogP contribution in [-0.4, -0.2) is 19.6 Å². The quantitative estimate of drug-likeness (QED) is 0.125. The molecule has 37 heavy (non-hydrogen) atoms. The molecule has 1 heterocycles. The fourth-order valence-corrected chi connectivity index (χ4v) is 5.51. The molecule has 5 rings (SSSR count). The van der Waals surface area contributed by atoms with Crippen molar-refractivity contribution in [3.63, 3.8) is 0 Å². The zero-order valence-electron chi connectivity index (χ0n) is 19.3. The predicted molar refractivity (Wildman–Crippen MR) is 150 cm³/mol. The molecule has 0 bridgehead atoms. The zero-order valence-corrected chi connectivity index (χ0v) is 21.7. The largest absolute Gasteiger partial charge is 0.379 e. The monoisotopic (exact) mass is 545 g/mol. The molecule has 4 aromatic carbocycles. The van der Waals surface area contributed by atoms with Crippen molar-refractivity contribution in [3.05, 3.63) is 120 Å². The smallest absolute Gasteiger partial charge is 0.339 e. The summed E-state index contributed by atoms with van der Waals surface area (Å²) in [5.41, 5.74) is 6.63.